The van der Waals surface area contributed by atoms with E-state index in [0.717, 1.165) is 40.1 Å². The van der Waals surface area contributed by atoms with E-state index in [1.165, 1.54) is 6.33 Å². The zero-order chi connectivity index (χ0) is 19.5. The number of nitrogens with one attached hydrogen (secondary N) is 2. The summed E-state index contributed by atoms with van der Waals surface area (Å²) in [6.45, 7) is 2.82. The first kappa shape index (κ1) is 18.5. The summed E-state index contributed by atoms with van der Waals surface area (Å²) in [5.41, 5.74) is 1.49. The number of aromatic amines is 1. The van der Waals surface area contributed by atoms with Gasteiger partial charge in [-0.3, -0.25) is 5.32 Å². The van der Waals surface area contributed by atoms with Crippen molar-refractivity contribution in [2.45, 2.75) is 0 Å². The largest absolute Gasteiger partial charge is 0.352 e. The number of aromatic nitrogens is 3. The van der Waals surface area contributed by atoms with Gasteiger partial charge in [0.2, 0.25) is 5.96 Å². The van der Waals surface area contributed by atoms with E-state index in [1.807, 2.05) is 30.5 Å². The summed E-state index contributed by atoms with van der Waals surface area (Å²) in [6, 6.07) is 7.64. The Balaban J connectivity index is 1.53. The lowest BCUT2D eigenvalue weighted by Gasteiger charge is -2.36. The normalized spacial score (nSPS) is 15.0. The molecule has 2 N–H and O–H groups in total. The molecule has 0 saturated carbocycles. The van der Waals surface area contributed by atoms with Crippen LogP contribution in [0.3, 0.4) is 0 Å². The van der Waals surface area contributed by atoms with Crippen LogP contribution in [0.2, 0.25) is 5.02 Å². The van der Waals surface area contributed by atoms with Gasteiger partial charge in [0.25, 0.3) is 0 Å². The highest BCUT2D eigenvalue weighted by molar-refractivity contribution is 9.10. The van der Waals surface area contributed by atoms with Crippen LogP contribution in [0.15, 0.2) is 46.3 Å². The van der Waals surface area contributed by atoms with E-state index < -0.39 is 0 Å². The van der Waals surface area contributed by atoms with Crippen molar-refractivity contribution in [1.82, 2.24) is 25.2 Å². The summed E-state index contributed by atoms with van der Waals surface area (Å²) >= 11 is 9.75. The third kappa shape index (κ3) is 3.74. The molecule has 1 aromatic carbocycles. The fourth-order valence-electron chi connectivity index (χ4n) is 3.18. The van der Waals surface area contributed by atoms with Gasteiger partial charge in [0.05, 0.1) is 16.1 Å². The molecule has 1 fully saturated rings. The van der Waals surface area contributed by atoms with Crippen LogP contribution in [0, 0.1) is 11.5 Å². The van der Waals surface area contributed by atoms with E-state index in [1.54, 1.807) is 6.20 Å². The number of halogens is 2. The van der Waals surface area contributed by atoms with Crippen LogP contribution >= 0.6 is 27.5 Å². The van der Waals surface area contributed by atoms with Crippen LogP contribution < -0.4 is 10.2 Å². The third-order valence-electron chi connectivity index (χ3n) is 4.49. The second kappa shape index (κ2) is 8.04. The molecular weight excluding hydrogens is 444 g/mol. The SMILES string of the molecule is N#CNC(=Nc1cccc(Br)c1)N1CCN(c2ncnc3[nH]cc(Cl)c23)CC1. The molecule has 0 unspecified atom stereocenters. The summed E-state index contributed by atoms with van der Waals surface area (Å²) in [5, 5.41) is 13.3. The monoisotopic (exact) mass is 458 g/mol. The molecule has 0 spiro atoms. The van der Waals surface area contributed by atoms with Gasteiger partial charge in [-0.1, -0.05) is 33.6 Å². The lowest BCUT2D eigenvalue weighted by molar-refractivity contribution is 0.377. The summed E-state index contributed by atoms with van der Waals surface area (Å²) in [7, 11) is 0. The second-order valence-corrected chi connectivity index (χ2v) is 7.51. The first-order chi connectivity index (χ1) is 13.7. The van der Waals surface area contributed by atoms with Crippen LogP contribution in [0.25, 0.3) is 11.0 Å². The number of nitrogens with zero attached hydrogens (tertiary/aromatic N) is 6. The minimum atomic E-state index is 0.535. The molecule has 0 bridgehead atoms. The first-order valence-electron chi connectivity index (χ1n) is 8.62. The van der Waals surface area contributed by atoms with E-state index in [2.05, 4.69) is 51.0 Å². The Kier molecular flexibility index (Phi) is 5.32. The Morgan fingerprint density at radius 2 is 2.11 bits per heavy atom. The van der Waals surface area contributed by atoms with Crippen molar-refractivity contribution in [3.8, 4) is 6.19 Å². The van der Waals surface area contributed by atoms with Crippen LogP contribution in [0.1, 0.15) is 0 Å². The molecule has 1 aliphatic heterocycles. The average molecular weight is 460 g/mol. The van der Waals surface area contributed by atoms with E-state index in [9.17, 15) is 0 Å². The van der Waals surface area contributed by atoms with Crippen LogP contribution in [0.4, 0.5) is 11.5 Å². The van der Waals surface area contributed by atoms with Gasteiger partial charge < -0.3 is 14.8 Å². The van der Waals surface area contributed by atoms with Gasteiger partial charge in [0.1, 0.15) is 17.8 Å². The summed E-state index contributed by atoms with van der Waals surface area (Å²) in [5.74, 6) is 1.35. The van der Waals surface area contributed by atoms with Crippen molar-refractivity contribution in [1.29, 1.82) is 5.26 Å². The molecule has 1 saturated heterocycles. The van der Waals surface area contributed by atoms with E-state index in [0.29, 0.717) is 24.1 Å². The minimum absolute atomic E-state index is 0.535. The van der Waals surface area contributed by atoms with Crippen molar-refractivity contribution >= 4 is 56.0 Å². The van der Waals surface area contributed by atoms with Gasteiger partial charge in [0, 0.05) is 36.8 Å². The molecule has 2 aromatic heterocycles. The summed E-state index contributed by atoms with van der Waals surface area (Å²) < 4.78 is 0.936. The highest BCUT2D eigenvalue weighted by Gasteiger charge is 2.23. The van der Waals surface area contributed by atoms with Crippen molar-refractivity contribution in [3.63, 3.8) is 0 Å². The van der Waals surface area contributed by atoms with Gasteiger partial charge in [-0.2, -0.15) is 5.26 Å². The number of piperazine rings is 1. The lowest BCUT2D eigenvalue weighted by atomic mass is 10.2. The number of nitriles is 1. The maximum absolute atomic E-state index is 9.13. The molecular formula is C18H16BrClN8. The number of hydrogen-bond acceptors (Lipinski definition) is 5. The molecule has 142 valence electrons. The first-order valence-corrected chi connectivity index (χ1v) is 9.79. The Morgan fingerprint density at radius 3 is 2.86 bits per heavy atom. The van der Waals surface area contributed by atoms with Gasteiger partial charge >= 0.3 is 0 Å². The molecule has 0 aliphatic carbocycles. The number of hydrogen-bond donors (Lipinski definition) is 2. The molecule has 0 atom stereocenters. The van der Waals surface area contributed by atoms with Crippen molar-refractivity contribution in [2.75, 3.05) is 31.1 Å². The van der Waals surface area contributed by atoms with Gasteiger partial charge in [-0.15, -0.1) is 0 Å². The Bertz CT molecular complexity index is 1060. The maximum Gasteiger partial charge on any atom is 0.212 e. The zero-order valence-corrected chi connectivity index (χ0v) is 17.1. The number of rotatable bonds is 2. The third-order valence-corrected chi connectivity index (χ3v) is 5.28. The summed E-state index contributed by atoms with van der Waals surface area (Å²) in [4.78, 5) is 20.5. The molecule has 3 heterocycles. The number of benzene rings is 1. The Labute approximate surface area is 175 Å². The number of guanidine groups is 1. The predicted octanol–water partition coefficient (Wildman–Crippen LogP) is 3.25. The van der Waals surface area contributed by atoms with E-state index in [4.69, 9.17) is 16.9 Å². The molecule has 10 heteroatoms. The number of anilines is 1. The average Bonchev–Trinajstić information content (AvgIpc) is 3.09. The van der Waals surface area contributed by atoms with E-state index >= 15 is 0 Å². The standard InChI is InChI=1S/C18H16BrClN8/c19-12-2-1-3-13(8-12)26-18(23-10-21)28-6-4-27(5-7-28)17-15-14(20)9-22-16(15)24-11-25-17/h1-3,8-9,11H,4-7H2,(H,23,26)(H,22,24,25). The molecule has 28 heavy (non-hydrogen) atoms. The maximum atomic E-state index is 9.13. The Hall–Kier alpha value is -2.83. The van der Waals surface area contributed by atoms with Gasteiger partial charge in [-0.25, -0.2) is 15.0 Å². The van der Waals surface area contributed by atoms with Crippen LogP contribution in [0.5, 0.6) is 0 Å². The molecule has 0 amide bonds. The number of H-pyrrole nitrogens is 1. The van der Waals surface area contributed by atoms with Crippen LogP contribution in [-0.4, -0.2) is 52.0 Å². The molecule has 3 aromatic rings. The molecule has 8 nitrogen and oxygen atoms in total. The van der Waals surface area contributed by atoms with Crippen molar-refractivity contribution < 1.29 is 0 Å². The lowest BCUT2D eigenvalue weighted by Crippen LogP contribution is -2.52. The van der Waals surface area contributed by atoms with Gasteiger partial charge in [-0.05, 0) is 18.2 Å². The topological polar surface area (TPSA) is 96.2 Å². The molecule has 4 rings (SSSR count). The van der Waals surface area contributed by atoms with Crippen molar-refractivity contribution in [3.05, 3.63) is 46.3 Å². The van der Waals surface area contributed by atoms with Crippen molar-refractivity contribution in [2.24, 2.45) is 4.99 Å². The summed E-state index contributed by atoms with van der Waals surface area (Å²) in [6.07, 6.45) is 5.24. The fraction of sp³-hybridized carbons (Fsp3) is 0.222. The predicted molar refractivity (Wildman–Crippen MR) is 113 cm³/mol. The number of aliphatic imine (C=N–C) groups is 1. The second-order valence-electron chi connectivity index (χ2n) is 6.18. The van der Waals surface area contributed by atoms with Crippen LogP contribution in [-0.2, 0) is 0 Å². The quantitative estimate of drug-likeness (QED) is 0.264. The molecule has 1 aliphatic rings. The highest BCUT2D eigenvalue weighted by atomic mass is 79.9. The minimum Gasteiger partial charge on any atom is -0.352 e. The molecule has 0 radical (unpaired) electrons. The fourth-order valence-corrected chi connectivity index (χ4v) is 3.79. The van der Waals surface area contributed by atoms with Gasteiger partial charge in [0.15, 0.2) is 6.19 Å². The Morgan fingerprint density at radius 1 is 1.29 bits per heavy atom. The highest BCUT2D eigenvalue weighted by Crippen LogP contribution is 2.30. The smallest absolute Gasteiger partial charge is 0.212 e. The van der Waals surface area contributed by atoms with E-state index in [-0.39, 0.29) is 0 Å². The zero-order valence-electron chi connectivity index (χ0n) is 14.7. The number of fused-ring (bicyclic) bond motifs is 1.